The fourth-order valence-electron chi connectivity index (χ4n) is 5.41. The van der Waals surface area contributed by atoms with E-state index in [0.29, 0.717) is 31.2 Å². The summed E-state index contributed by atoms with van der Waals surface area (Å²) < 4.78 is 32.6. The Morgan fingerprint density at radius 1 is 1.00 bits per heavy atom. The number of benzene rings is 2. The monoisotopic (exact) mass is 499 g/mol. The lowest BCUT2D eigenvalue weighted by molar-refractivity contribution is -0.120. The number of carbonyl (C=O) groups excluding carboxylic acids is 2. The van der Waals surface area contributed by atoms with E-state index in [1.54, 1.807) is 35.0 Å². The van der Waals surface area contributed by atoms with E-state index in [0.717, 1.165) is 56.3 Å². The fourth-order valence-corrected chi connectivity index (χ4v) is 5.41. The molecule has 0 bridgehead atoms. The summed E-state index contributed by atoms with van der Waals surface area (Å²) in [7, 11) is 3.12. The number of piperidine rings is 1. The van der Waals surface area contributed by atoms with Gasteiger partial charge in [0.25, 0.3) is 0 Å². The maximum Gasteiger partial charge on any atom is 0.409 e. The minimum Gasteiger partial charge on any atom is -0.453 e. The molecule has 0 saturated carbocycles. The maximum atomic E-state index is 14.3. The Morgan fingerprint density at radius 2 is 1.69 bits per heavy atom. The number of likely N-dealkylation sites (tertiary alicyclic amines) is 1. The molecule has 2 aliphatic rings. The summed E-state index contributed by atoms with van der Waals surface area (Å²) in [5, 5.41) is 0. The number of carbonyl (C=O) groups is 2. The topological polar surface area (TPSA) is 53.1 Å². The third-order valence-corrected chi connectivity index (χ3v) is 7.53. The van der Waals surface area contributed by atoms with Crippen molar-refractivity contribution >= 4 is 17.7 Å². The Labute approximate surface area is 211 Å². The van der Waals surface area contributed by atoms with Gasteiger partial charge < -0.3 is 14.5 Å². The summed E-state index contributed by atoms with van der Waals surface area (Å²) in [6.07, 6.45) is 4.12. The van der Waals surface area contributed by atoms with E-state index in [9.17, 15) is 18.4 Å². The van der Waals surface area contributed by atoms with Crippen molar-refractivity contribution in [3.63, 3.8) is 0 Å². The summed E-state index contributed by atoms with van der Waals surface area (Å²) in [4.78, 5) is 30.5. The molecular weight excluding hydrogens is 464 g/mol. The number of fused-ring (bicyclic) bond motifs is 1. The highest BCUT2D eigenvalue weighted by molar-refractivity contribution is 5.96. The first-order chi connectivity index (χ1) is 17.4. The first kappa shape index (κ1) is 26.1. The number of amides is 2. The van der Waals surface area contributed by atoms with E-state index in [1.165, 1.54) is 31.4 Å². The molecule has 1 saturated heterocycles. The predicted molar refractivity (Wildman–Crippen MR) is 135 cm³/mol. The molecule has 6 nitrogen and oxygen atoms in total. The van der Waals surface area contributed by atoms with Crippen molar-refractivity contribution in [3.8, 4) is 0 Å². The highest BCUT2D eigenvalue weighted by Crippen LogP contribution is 2.39. The second-order valence-corrected chi connectivity index (χ2v) is 9.89. The number of ether oxygens (including phenoxy) is 1. The number of nitrogens with zero attached hydrogens (tertiary/aromatic N) is 3. The highest BCUT2D eigenvalue weighted by atomic mass is 19.1. The third-order valence-electron chi connectivity index (χ3n) is 7.53. The molecule has 2 heterocycles. The zero-order valence-electron chi connectivity index (χ0n) is 21.1. The van der Waals surface area contributed by atoms with Crippen molar-refractivity contribution < 1.29 is 23.1 Å². The van der Waals surface area contributed by atoms with E-state index in [1.807, 2.05) is 0 Å². The van der Waals surface area contributed by atoms with Gasteiger partial charge in [-0.3, -0.25) is 9.69 Å². The minimum absolute atomic E-state index is 0.0159. The fraction of sp³-hybridized carbons (Fsp3) is 0.500. The van der Waals surface area contributed by atoms with Crippen LogP contribution in [0, 0.1) is 17.6 Å². The molecule has 0 radical (unpaired) electrons. The maximum absolute atomic E-state index is 14.3. The van der Waals surface area contributed by atoms with Crippen LogP contribution in [0.2, 0.25) is 0 Å². The second-order valence-electron chi connectivity index (χ2n) is 9.89. The summed E-state index contributed by atoms with van der Waals surface area (Å²) in [5.74, 6) is -0.192. The van der Waals surface area contributed by atoms with Gasteiger partial charge in [-0.25, -0.2) is 13.6 Å². The van der Waals surface area contributed by atoms with Crippen LogP contribution in [-0.2, 0) is 9.53 Å². The highest BCUT2D eigenvalue weighted by Gasteiger charge is 2.30. The largest absolute Gasteiger partial charge is 0.453 e. The Balaban J connectivity index is 1.40. The van der Waals surface area contributed by atoms with Gasteiger partial charge in [0.05, 0.1) is 19.3 Å². The van der Waals surface area contributed by atoms with Crippen LogP contribution in [0.3, 0.4) is 0 Å². The number of hydrogen-bond donors (Lipinski definition) is 0. The van der Waals surface area contributed by atoms with Gasteiger partial charge in [-0.05, 0) is 86.5 Å². The third kappa shape index (κ3) is 6.22. The molecule has 1 fully saturated rings. The van der Waals surface area contributed by atoms with Crippen molar-refractivity contribution in [2.75, 3.05) is 51.8 Å². The van der Waals surface area contributed by atoms with Crippen molar-refractivity contribution in [3.05, 3.63) is 65.2 Å². The summed E-state index contributed by atoms with van der Waals surface area (Å²) in [6, 6.07) is 11.1. The average Bonchev–Trinajstić information content (AvgIpc) is 3.07. The van der Waals surface area contributed by atoms with E-state index in [-0.39, 0.29) is 29.6 Å². The molecule has 0 N–H and O–H groups in total. The molecule has 36 heavy (non-hydrogen) atoms. The lowest BCUT2D eigenvalue weighted by Gasteiger charge is -2.34. The van der Waals surface area contributed by atoms with Crippen LogP contribution in [0.4, 0.5) is 19.3 Å². The molecule has 1 atom stereocenters. The quantitative estimate of drug-likeness (QED) is 0.560. The van der Waals surface area contributed by atoms with Gasteiger partial charge in [-0.2, -0.15) is 0 Å². The Bertz CT molecular complexity index is 1050. The summed E-state index contributed by atoms with van der Waals surface area (Å²) in [5.41, 5.74) is 2.49. The second kappa shape index (κ2) is 11.8. The molecule has 2 aromatic rings. The lowest BCUT2D eigenvalue weighted by atomic mass is 9.87. The Kier molecular flexibility index (Phi) is 8.56. The first-order valence-corrected chi connectivity index (χ1v) is 12.7. The number of anilines is 1. The first-order valence-electron chi connectivity index (χ1n) is 12.7. The van der Waals surface area contributed by atoms with Gasteiger partial charge >= 0.3 is 6.09 Å². The van der Waals surface area contributed by atoms with Crippen molar-refractivity contribution in [1.29, 1.82) is 0 Å². The summed E-state index contributed by atoms with van der Waals surface area (Å²) in [6.45, 7) is 3.12. The van der Waals surface area contributed by atoms with E-state index >= 15 is 0 Å². The van der Waals surface area contributed by atoms with E-state index in [4.69, 9.17) is 4.74 Å². The minimum atomic E-state index is -0.371. The van der Waals surface area contributed by atoms with Gasteiger partial charge in [0.15, 0.2) is 0 Å². The Hall–Kier alpha value is -3.00. The summed E-state index contributed by atoms with van der Waals surface area (Å²) >= 11 is 0. The van der Waals surface area contributed by atoms with Crippen LogP contribution < -0.4 is 4.90 Å². The number of halogens is 2. The Morgan fingerprint density at radius 3 is 2.39 bits per heavy atom. The zero-order chi connectivity index (χ0) is 25.7. The standard InChI is InChI=1S/C28H35F2N3O3/c1-31(28(35)36-2)15-11-20-12-16-32(17-13-20)19-27(34)33-14-3-4-24(21-5-7-22(29)8-6-21)25-10-9-23(30)18-26(25)33/h5-10,18,20,24H,3-4,11-17,19H2,1-2H3. The molecule has 4 rings (SSSR count). The van der Waals surface area contributed by atoms with Crippen LogP contribution >= 0.6 is 0 Å². The molecule has 0 aromatic heterocycles. The predicted octanol–water partition coefficient (Wildman–Crippen LogP) is 5.02. The zero-order valence-corrected chi connectivity index (χ0v) is 21.1. The molecule has 0 aliphatic carbocycles. The molecule has 2 amide bonds. The van der Waals surface area contributed by atoms with Crippen LogP contribution in [0.1, 0.15) is 49.1 Å². The molecule has 2 aliphatic heterocycles. The van der Waals surface area contributed by atoms with Crippen molar-refractivity contribution in [2.45, 2.75) is 38.0 Å². The van der Waals surface area contributed by atoms with Crippen LogP contribution in [0.5, 0.6) is 0 Å². The average molecular weight is 500 g/mol. The smallest absolute Gasteiger partial charge is 0.409 e. The molecule has 194 valence electrons. The van der Waals surface area contributed by atoms with Crippen molar-refractivity contribution in [1.82, 2.24) is 9.80 Å². The van der Waals surface area contributed by atoms with Crippen LogP contribution in [0.25, 0.3) is 0 Å². The van der Waals surface area contributed by atoms with Gasteiger partial charge in [-0.1, -0.05) is 18.2 Å². The van der Waals surface area contributed by atoms with Crippen LogP contribution in [0.15, 0.2) is 42.5 Å². The number of rotatable bonds is 6. The van der Waals surface area contributed by atoms with Gasteiger partial charge in [0.1, 0.15) is 11.6 Å². The molecule has 8 heteroatoms. The molecule has 1 unspecified atom stereocenters. The van der Waals surface area contributed by atoms with Crippen molar-refractivity contribution in [2.24, 2.45) is 5.92 Å². The van der Waals surface area contributed by atoms with Gasteiger partial charge in [0.2, 0.25) is 5.91 Å². The molecule has 0 spiro atoms. The normalized spacial score (nSPS) is 18.9. The number of hydrogen-bond acceptors (Lipinski definition) is 4. The van der Waals surface area contributed by atoms with E-state index < -0.39 is 0 Å². The van der Waals surface area contributed by atoms with E-state index in [2.05, 4.69) is 4.90 Å². The number of methoxy groups -OCH3 is 1. The SMILES string of the molecule is COC(=O)N(C)CCC1CCN(CC(=O)N2CCCC(c3ccc(F)cc3)c3ccc(F)cc32)CC1. The lowest BCUT2D eigenvalue weighted by Crippen LogP contribution is -2.44. The molecule has 2 aromatic carbocycles. The van der Waals surface area contributed by atoms with Gasteiger partial charge in [-0.15, -0.1) is 0 Å². The molecular formula is C28H35F2N3O3. The van der Waals surface area contributed by atoms with Crippen LogP contribution in [-0.4, -0.2) is 68.7 Å². The van der Waals surface area contributed by atoms with Gasteiger partial charge in [0, 0.05) is 26.1 Å².